The number of hydrogen-bond donors (Lipinski definition) is 3. The normalized spacial score (nSPS) is 14.0. The van der Waals surface area contributed by atoms with Crippen LogP contribution in [0.1, 0.15) is 18.5 Å². The van der Waals surface area contributed by atoms with Crippen LogP contribution in [0.3, 0.4) is 0 Å². The number of primary amides is 2. The second kappa shape index (κ2) is 7.23. The Morgan fingerprint density at radius 1 is 1.15 bits per heavy atom. The minimum Gasteiger partial charge on any atom is -0.369 e. The van der Waals surface area contributed by atoms with Crippen LogP contribution in [0.25, 0.3) is 0 Å². The van der Waals surface area contributed by atoms with Crippen LogP contribution in [-0.2, 0) is 9.59 Å². The van der Waals surface area contributed by atoms with Gasteiger partial charge in [0, 0.05) is 11.1 Å². The average molecular weight is 299 g/mol. The molecule has 0 aliphatic rings. The molecule has 0 fully saturated rings. The monoisotopic (exact) mass is 298 g/mol. The van der Waals surface area contributed by atoms with E-state index < -0.39 is 11.8 Å². The highest BCUT2D eigenvalue weighted by molar-refractivity contribution is 6.30. The molecule has 6 nitrogen and oxygen atoms in total. The summed E-state index contributed by atoms with van der Waals surface area (Å²) in [6, 6.07) is 6.36. The van der Waals surface area contributed by atoms with Gasteiger partial charge in [0.1, 0.15) is 0 Å². The molecule has 0 aliphatic heterocycles. The fourth-order valence-electron chi connectivity index (χ4n) is 2.16. The lowest BCUT2D eigenvalue weighted by molar-refractivity contribution is -0.123. The Bertz CT molecular complexity index is 460. The van der Waals surface area contributed by atoms with Crippen molar-refractivity contribution in [3.63, 3.8) is 0 Å². The highest BCUT2D eigenvalue weighted by Gasteiger charge is 2.26. The van der Waals surface area contributed by atoms with Gasteiger partial charge in [-0.15, -0.1) is 0 Å². The van der Waals surface area contributed by atoms with Gasteiger partial charge < -0.3 is 17.2 Å². The highest BCUT2D eigenvalue weighted by Crippen LogP contribution is 2.24. The molecule has 0 spiro atoms. The minimum atomic E-state index is -0.550. The summed E-state index contributed by atoms with van der Waals surface area (Å²) in [6.07, 6.45) is 0. The van der Waals surface area contributed by atoms with E-state index >= 15 is 0 Å². The maximum Gasteiger partial charge on any atom is 0.231 e. The van der Waals surface area contributed by atoms with Crippen molar-refractivity contribution in [2.45, 2.75) is 19.0 Å². The summed E-state index contributed by atoms with van der Waals surface area (Å²) in [4.78, 5) is 23.9. The zero-order chi connectivity index (χ0) is 15.3. The van der Waals surface area contributed by atoms with E-state index in [4.69, 9.17) is 28.8 Å². The first-order chi connectivity index (χ1) is 9.31. The summed E-state index contributed by atoms with van der Waals surface area (Å²) in [5.41, 5.74) is 17.2. The van der Waals surface area contributed by atoms with Crippen LogP contribution in [0.2, 0.25) is 5.02 Å². The Labute approximate surface area is 122 Å². The average Bonchev–Trinajstić information content (AvgIpc) is 2.29. The van der Waals surface area contributed by atoms with Crippen LogP contribution in [-0.4, -0.2) is 35.8 Å². The lowest BCUT2D eigenvalue weighted by Crippen LogP contribution is -2.47. The predicted molar refractivity (Wildman–Crippen MR) is 77.8 cm³/mol. The van der Waals surface area contributed by atoms with Gasteiger partial charge in [-0.3, -0.25) is 14.5 Å². The molecule has 2 unspecified atom stereocenters. The molecular formula is C13H19ClN4O2. The Morgan fingerprint density at radius 2 is 1.60 bits per heavy atom. The van der Waals surface area contributed by atoms with Crippen LogP contribution in [0.5, 0.6) is 0 Å². The zero-order valence-corrected chi connectivity index (χ0v) is 12.0. The number of benzene rings is 1. The molecular weight excluding hydrogens is 280 g/mol. The number of carbonyl (C=O) groups excluding carboxylic acids is 2. The van der Waals surface area contributed by atoms with Crippen LogP contribution >= 0.6 is 11.6 Å². The Kier molecular flexibility index (Phi) is 5.94. The first kappa shape index (κ1) is 16.4. The number of nitrogens with two attached hydrogens (primary N) is 3. The van der Waals surface area contributed by atoms with Gasteiger partial charge in [0.05, 0.1) is 19.1 Å². The molecule has 110 valence electrons. The van der Waals surface area contributed by atoms with Crippen molar-refractivity contribution in [1.82, 2.24) is 4.90 Å². The van der Waals surface area contributed by atoms with E-state index in [0.29, 0.717) is 5.02 Å². The maximum atomic E-state index is 11.2. The molecule has 0 radical (unpaired) electrons. The zero-order valence-electron chi connectivity index (χ0n) is 11.3. The summed E-state index contributed by atoms with van der Waals surface area (Å²) in [6.45, 7) is 1.59. The highest BCUT2D eigenvalue weighted by atomic mass is 35.5. The molecule has 2 atom stereocenters. The van der Waals surface area contributed by atoms with Gasteiger partial charge in [-0.2, -0.15) is 0 Å². The van der Waals surface area contributed by atoms with Gasteiger partial charge in [-0.1, -0.05) is 23.7 Å². The van der Waals surface area contributed by atoms with Crippen molar-refractivity contribution >= 4 is 23.4 Å². The van der Waals surface area contributed by atoms with Gasteiger partial charge >= 0.3 is 0 Å². The molecule has 2 amide bonds. The third kappa shape index (κ3) is 4.80. The summed E-state index contributed by atoms with van der Waals surface area (Å²) in [5, 5.41) is 0.591. The SMILES string of the molecule is CC(N)C(c1ccc(Cl)cc1)N(CC(N)=O)CC(N)=O. The Hall–Kier alpha value is -1.63. The minimum absolute atomic E-state index is 0.0994. The molecule has 6 N–H and O–H groups in total. The number of nitrogens with zero attached hydrogens (tertiary/aromatic N) is 1. The molecule has 0 aliphatic carbocycles. The van der Waals surface area contributed by atoms with Crippen LogP contribution in [0.15, 0.2) is 24.3 Å². The summed E-state index contributed by atoms with van der Waals surface area (Å²) in [7, 11) is 0. The van der Waals surface area contributed by atoms with Crippen molar-refractivity contribution in [3.05, 3.63) is 34.9 Å². The molecule has 0 saturated carbocycles. The molecule has 1 aromatic carbocycles. The molecule has 20 heavy (non-hydrogen) atoms. The number of hydrogen-bond acceptors (Lipinski definition) is 4. The maximum absolute atomic E-state index is 11.2. The third-order valence-electron chi connectivity index (χ3n) is 2.82. The standard InChI is InChI=1S/C13H19ClN4O2/c1-8(15)13(9-2-4-10(14)5-3-9)18(6-11(16)19)7-12(17)20/h2-5,8,13H,6-7,15H2,1H3,(H2,16,19)(H2,17,20). The van der Waals surface area contributed by atoms with Crippen molar-refractivity contribution in [2.75, 3.05) is 13.1 Å². The number of carbonyl (C=O) groups is 2. The number of amides is 2. The van der Waals surface area contributed by atoms with Crippen molar-refractivity contribution in [2.24, 2.45) is 17.2 Å². The molecule has 7 heteroatoms. The van der Waals surface area contributed by atoms with Crippen LogP contribution in [0, 0.1) is 0 Å². The van der Waals surface area contributed by atoms with E-state index in [1.165, 1.54) is 0 Å². The molecule has 0 heterocycles. The quantitative estimate of drug-likeness (QED) is 0.657. The van der Waals surface area contributed by atoms with Gasteiger partial charge in [-0.05, 0) is 24.6 Å². The van der Waals surface area contributed by atoms with E-state index in [1.54, 1.807) is 36.1 Å². The largest absolute Gasteiger partial charge is 0.369 e. The lowest BCUT2D eigenvalue weighted by atomic mass is 9.99. The van der Waals surface area contributed by atoms with Gasteiger partial charge in [0.25, 0.3) is 0 Å². The molecule has 0 bridgehead atoms. The molecule has 1 aromatic rings. The fourth-order valence-corrected chi connectivity index (χ4v) is 2.29. The third-order valence-corrected chi connectivity index (χ3v) is 3.07. The molecule has 1 rings (SSSR count). The molecule has 0 aromatic heterocycles. The second-order valence-electron chi connectivity index (χ2n) is 4.69. The van der Waals surface area contributed by atoms with Gasteiger partial charge in [-0.25, -0.2) is 0 Å². The second-order valence-corrected chi connectivity index (χ2v) is 5.13. The van der Waals surface area contributed by atoms with Crippen molar-refractivity contribution in [3.8, 4) is 0 Å². The summed E-state index contributed by atoms with van der Waals surface area (Å²) < 4.78 is 0. The van der Waals surface area contributed by atoms with Crippen molar-refractivity contribution in [1.29, 1.82) is 0 Å². The summed E-state index contributed by atoms with van der Waals surface area (Å²) >= 11 is 5.85. The number of halogens is 1. The first-order valence-electron chi connectivity index (χ1n) is 6.13. The van der Waals surface area contributed by atoms with Gasteiger partial charge in [0.2, 0.25) is 11.8 Å². The number of rotatable bonds is 7. The van der Waals surface area contributed by atoms with E-state index in [9.17, 15) is 9.59 Å². The van der Waals surface area contributed by atoms with E-state index in [-0.39, 0.29) is 25.2 Å². The van der Waals surface area contributed by atoms with Crippen molar-refractivity contribution < 1.29 is 9.59 Å². The Balaban J connectivity index is 3.09. The smallest absolute Gasteiger partial charge is 0.231 e. The predicted octanol–water partition coefficient (Wildman–Crippen LogP) is 0.000900. The Morgan fingerprint density at radius 3 is 1.95 bits per heavy atom. The van der Waals surface area contributed by atoms with E-state index in [0.717, 1.165) is 5.56 Å². The fraction of sp³-hybridized carbons (Fsp3) is 0.385. The first-order valence-corrected chi connectivity index (χ1v) is 6.50. The lowest BCUT2D eigenvalue weighted by Gasteiger charge is -2.32. The van der Waals surface area contributed by atoms with E-state index in [1.807, 2.05) is 0 Å². The van der Waals surface area contributed by atoms with Crippen LogP contribution in [0.4, 0.5) is 0 Å². The van der Waals surface area contributed by atoms with Gasteiger partial charge in [0.15, 0.2) is 0 Å². The molecule has 0 saturated heterocycles. The summed E-state index contributed by atoms with van der Waals surface area (Å²) in [5.74, 6) is -1.10. The van der Waals surface area contributed by atoms with E-state index in [2.05, 4.69) is 0 Å². The van der Waals surface area contributed by atoms with Crippen LogP contribution < -0.4 is 17.2 Å². The topological polar surface area (TPSA) is 115 Å².